The van der Waals surface area contributed by atoms with Crippen LogP contribution in [0.25, 0.3) is 0 Å². The molecule has 24 heavy (non-hydrogen) atoms. The van der Waals surface area contributed by atoms with E-state index >= 15 is 0 Å². The molecule has 136 valence electrons. The lowest BCUT2D eigenvalue weighted by molar-refractivity contribution is 0.0967. The Labute approximate surface area is 150 Å². The van der Waals surface area contributed by atoms with E-state index in [1.54, 1.807) is 6.92 Å². The smallest absolute Gasteiger partial charge is 0.159 e. The number of hydrogen-bond donors (Lipinski definition) is 0. The van der Waals surface area contributed by atoms with Crippen LogP contribution in [0.2, 0.25) is 0 Å². The third-order valence-electron chi connectivity index (χ3n) is 3.63. The van der Waals surface area contributed by atoms with Crippen LogP contribution in [0.15, 0.2) is 24.3 Å². The molecule has 1 rings (SSSR count). The van der Waals surface area contributed by atoms with E-state index in [0.717, 1.165) is 57.5 Å². The van der Waals surface area contributed by atoms with Crippen molar-refractivity contribution in [2.24, 2.45) is 0 Å². The molecule has 0 aliphatic rings. The number of rotatable bonds is 15. The fourth-order valence-corrected chi connectivity index (χ4v) is 2.28. The van der Waals surface area contributed by atoms with E-state index < -0.39 is 0 Å². The Balaban J connectivity index is 1.87. The van der Waals surface area contributed by atoms with Crippen LogP contribution in [0.3, 0.4) is 0 Å². The predicted molar refractivity (Wildman–Crippen MR) is 96.9 cm³/mol. The Morgan fingerprint density at radius 2 is 1.33 bits per heavy atom. The highest BCUT2D eigenvalue weighted by Gasteiger charge is 1.99. The summed E-state index contributed by atoms with van der Waals surface area (Å²) in [5.41, 5.74) is 1.95. The predicted octanol–water partition coefficient (Wildman–Crippen LogP) is 4.24. The number of ether oxygens (including phenoxy) is 3. The maximum atomic E-state index is 11.2. The topological polar surface area (TPSA) is 44.8 Å². The van der Waals surface area contributed by atoms with Crippen LogP contribution in [0.1, 0.15) is 48.5 Å². The maximum Gasteiger partial charge on any atom is 0.159 e. The van der Waals surface area contributed by atoms with Crippen molar-refractivity contribution >= 4 is 17.4 Å². The number of carbonyl (C=O) groups is 1. The molecule has 0 fully saturated rings. The summed E-state index contributed by atoms with van der Waals surface area (Å²) in [6.07, 6.45) is 4.90. The number of Topliss-reactive ketones (excluding diaryl/α,β-unsaturated/α-hetero) is 1. The van der Waals surface area contributed by atoms with E-state index in [-0.39, 0.29) is 11.8 Å². The second-order valence-electron chi connectivity index (χ2n) is 5.66. The van der Waals surface area contributed by atoms with Crippen LogP contribution in [0, 0.1) is 0 Å². The third-order valence-corrected chi connectivity index (χ3v) is 3.78. The van der Waals surface area contributed by atoms with Crippen LogP contribution in [0.5, 0.6) is 0 Å². The van der Waals surface area contributed by atoms with Gasteiger partial charge in [0.2, 0.25) is 0 Å². The van der Waals surface area contributed by atoms with Gasteiger partial charge in [0.25, 0.3) is 0 Å². The highest BCUT2D eigenvalue weighted by Crippen LogP contribution is 2.06. The molecule has 0 radical (unpaired) electrons. The summed E-state index contributed by atoms with van der Waals surface area (Å²) in [5, 5.41) is 0. The summed E-state index contributed by atoms with van der Waals surface area (Å²) < 4.78 is 16.2. The molecule has 0 bridgehead atoms. The molecule has 5 heteroatoms. The summed E-state index contributed by atoms with van der Waals surface area (Å²) in [6.45, 7) is 5.32. The number of benzene rings is 1. The van der Waals surface area contributed by atoms with Crippen molar-refractivity contribution in [3.63, 3.8) is 0 Å². The molecule has 0 spiro atoms. The zero-order valence-corrected chi connectivity index (χ0v) is 15.4. The Hall–Kier alpha value is -0.940. The van der Waals surface area contributed by atoms with Crippen LogP contribution < -0.4 is 0 Å². The van der Waals surface area contributed by atoms with Crippen molar-refractivity contribution in [2.75, 3.05) is 39.1 Å². The number of unbranched alkanes of at least 4 members (excludes halogenated alkanes) is 2. The molecule has 0 heterocycles. The SMILES string of the molecule is CC(=O)c1ccc(CCOCCCCOCCCCOCCl)cc1. The Morgan fingerprint density at radius 1 is 0.833 bits per heavy atom. The van der Waals surface area contributed by atoms with Crippen LogP contribution in [-0.2, 0) is 20.6 Å². The molecule has 0 saturated carbocycles. The zero-order valence-electron chi connectivity index (χ0n) is 14.6. The standard InChI is InChI=1S/C19H29ClO4/c1-17(21)19-8-6-18(7-9-19)10-15-23-13-3-2-11-22-12-4-5-14-24-16-20/h6-9H,2-5,10-16H2,1H3. The molecule has 1 aromatic carbocycles. The van der Waals surface area contributed by atoms with E-state index in [9.17, 15) is 4.79 Å². The molecular formula is C19H29ClO4. The van der Waals surface area contributed by atoms with Crippen molar-refractivity contribution < 1.29 is 19.0 Å². The highest BCUT2D eigenvalue weighted by molar-refractivity contribution is 6.17. The molecule has 0 aromatic heterocycles. The van der Waals surface area contributed by atoms with E-state index in [1.165, 1.54) is 5.56 Å². The van der Waals surface area contributed by atoms with Gasteiger partial charge in [-0.05, 0) is 44.6 Å². The Morgan fingerprint density at radius 3 is 1.83 bits per heavy atom. The van der Waals surface area contributed by atoms with Gasteiger partial charge in [0, 0.05) is 32.0 Å². The van der Waals surface area contributed by atoms with Crippen molar-refractivity contribution in [3.8, 4) is 0 Å². The summed E-state index contributed by atoms with van der Waals surface area (Å²) in [6, 6.07) is 8.00. The molecule has 0 saturated heterocycles. The van der Waals surface area contributed by atoms with Crippen molar-refractivity contribution in [3.05, 3.63) is 35.4 Å². The summed E-state index contributed by atoms with van der Waals surface area (Å²) >= 11 is 5.41. The monoisotopic (exact) mass is 356 g/mol. The van der Waals surface area contributed by atoms with E-state index in [0.29, 0.717) is 13.2 Å². The molecule has 0 unspecified atom stereocenters. The Bertz CT molecular complexity index is 433. The second kappa shape index (κ2) is 14.4. The molecule has 4 nitrogen and oxygen atoms in total. The quantitative estimate of drug-likeness (QED) is 0.268. The van der Waals surface area contributed by atoms with E-state index in [2.05, 4.69) is 0 Å². The zero-order chi connectivity index (χ0) is 17.5. The largest absolute Gasteiger partial charge is 0.381 e. The van der Waals surface area contributed by atoms with Crippen LogP contribution in [0.4, 0.5) is 0 Å². The lowest BCUT2D eigenvalue weighted by Gasteiger charge is -2.06. The van der Waals surface area contributed by atoms with Crippen molar-refractivity contribution in [1.29, 1.82) is 0 Å². The molecule has 0 aliphatic heterocycles. The molecule has 0 atom stereocenters. The van der Waals surface area contributed by atoms with Gasteiger partial charge in [-0.2, -0.15) is 0 Å². The van der Waals surface area contributed by atoms with E-state index in [4.69, 9.17) is 25.8 Å². The summed E-state index contributed by atoms with van der Waals surface area (Å²) in [5.74, 6) is 0.101. The first-order chi connectivity index (χ1) is 11.7. The minimum atomic E-state index is 0.101. The van der Waals surface area contributed by atoms with Gasteiger partial charge in [0.1, 0.15) is 6.07 Å². The van der Waals surface area contributed by atoms with E-state index in [1.807, 2.05) is 24.3 Å². The lowest BCUT2D eigenvalue weighted by Crippen LogP contribution is -2.03. The first-order valence-corrected chi connectivity index (χ1v) is 9.16. The average Bonchev–Trinajstić information content (AvgIpc) is 2.59. The fraction of sp³-hybridized carbons (Fsp3) is 0.632. The summed E-state index contributed by atoms with van der Waals surface area (Å²) in [7, 11) is 0. The second-order valence-corrected chi connectivity index (χ2v) is 5.88. The van der Waals surface area contributed by atoms with Gasteiger partial charge in [0.05, 0.1) is 6.61 Å². The summed E-state index contributed by atoms with van der Waals surface area (Å²) in [4.78, 5) is 11.2. The van der Waals surface area contributed by atoms with Crippen LogP contribution >= 0.6 is 11.6 Å². The minimum Gasteiger partial charge on any atom is -0.381 e. The maximum absolute atomic E-state index is 11.2. The lowest BCUT2D eigenvalue weighted by atomic mass is 10.1. The molecule has 0 amide bonds. The number of ketones is 1. The first-order valence-electron chi connectivity index (χ1n) is 8.63. The average molecular weight is 357 g/mol. The van der Waals surface area contributed by atoms with Gasteiger partial charge in [-0.25, -0.2) is 0 Å². The minimum absolute atomic E-state index is 0.101. The highest BCUT2D eigenvalue weighted by atomic mass is 35.5. The van der Waals surface area contributed by atoms with Gasteiger partial charge < -0.3 is 14.2 Å². The third kappa shape index (κ3) is 10.8. The van der Waals surface area contributed by atoms with Gasteiger partial charge in [0.15, 0.2) is 5.78 Å². The molecular weight excluding hydrogens is 328 g/mol. The fourth-order valence-electron chi connectivity index (χ4n) is 2.17. The van der Waals surface area contributed by atoms with Crippen molar-refractivity contribution in [1.82, 2.24) is 0 Å². The normalized spacial score (nSPS) is 10.9. The Kier molecular flexibility index (Phi) is 12.7. The first kappa shape index (κ1) is 21.1. The van der Waals surface area contributed by atoms with Crippen molar-refractivity contribution in [2.45, 2.75) is 39.0 Å². The van der Waals surface area contributed by atoms with Gasteiger partial charge >= 0.3 is 0 Å². The van der Waals surface area contributed by atoms with Gasteiger partial charge in [-0.15, -0.1) is 0 Å². The molecule has 1 aromatic rings. The number of halogens is 1. The van der Waals surface area contributed by atoms with Gasteiger partial charge in [-0.1, -0.05) is 35.9 Å². The van der Waals surface area contributed by atoms with Crippen LogP contribution in [-0.4, -0.2) is 44.9 Å². The number of carbonyl (C=O) groups excluding carboxylic acids is 1. The number of alkyl halides is 1. The number of hydrogen-bond acceptors (Lipinski definition) is 4. The molecule has 0 aliphatic carbocycles. The van der Waals surface area contributed by atoms with Gasteiger partial charge in [-0.3, -0.25) is 4.79 Å². The molecule has 0 N–H and O–H groups in total.